The van der Waals surface area contributed by atoms with Crippen LogP contribution in [0.4, 0.5) is 13.2 Å². The van der Waals surface area contributed by atoms with E-state index in [-0.39, 0.29) is 21.7 Å². The van der Waals surface area contributed by atoms with Gasteiger partial charge in [0.15, 0.2) is 0 Å². The Kier molecular flexibility index (Phi) is 4.33. The van der Waals surface area contributed by atoms with E-state index in [0.29, 0.717) is 17.2 Å². The summed E-state index contributed by atoms with van der Waals surface area (Å²) in [6.07, 6.45) is 5.50. The Morgan fingerprint density at radius 2 is 1.76 bits per heavy atom. The lowest BCUT2D eigenvalue weighted by Gasteiger charge is -2.16. The van der Waals surface area contributed by atoms with Crippen molar-refractivity contribution in [1.82, 2.24) is 19.6 Å². The van der Waals surface area contributed by atoms with Gasteiger partial charge < -0.3 is 0 Å². The van der Waals surface area contributed by atoms with Crippen LogP contribution in [0.3, 0.4) is 0 Å². The van der Waals surface area contributed by atoms with Crippen molar-refractivity contribution in [2.24, 2.45) is 0 Å². The molecule has 3 aromatic rings. The maximum absolute atomic E-state index is 14.4. The zero-order chi connectivity index (χ0) is 17.6. The number of thioether (sulfide) groups is 1. The van der Waals surface area contributed by atoms with Gasteiger partial charge in [-0.25, -0.2) is 13.2 Å². The second-order valence-corrected chi connectivity index (χ2v) is 7.47. The Hall–Kier alpha value is -1.80. The first-order valence-electron chi connectivity index (χ1n) is 7.75. The van der Waals surface area contributed by atoms with Crippen molar-refractivity contribution < 1.29 is 13.2 Å². The molecule has 0 atom stereocenters. The molecule has 0 saturated heterocycles. The van der Waals surface area contributed by atoms with Crippen molar-refractivity contribution in [2.45, 2.75) is 36.0 Å². The summed E-state index contributed by atoms with van der Waals surface area (Å²) in [5, 5.41) is 4.77. The number of benzene rings is 1. The summed E-state index contributed by atoms with van der Waals surface area (Å²) in [5.74, 6) is -2.81. The third kappa shape index (κ3) is 2.97. The zero-order valence-corrected chi connectivity index (χ0v) is 14.4. The number of hydrogen-bond acceptors (Lipinski definition) is 4. The summed E-state index contributed by atoms with van der Waals surface area (Å²) >= 11 is 7.69. The molecule has 0 unspecified atom stereocenters. The summed E-state index contributed by atoms with van der Waals surface area (Å²) in [5.41, 5.74) is -0.330. The fraction of sp³-hybridized carbons (Fsp3) is 0.312. The summed E-state index contributed by atoms with van der Waals surface area (Å²) < 4.78 is 43.5. The SMILES string of the molecule is Fc1cc(F)c(-c2c(Cl)nc3ncnn3c2SC2CCCC2)c(F)c1. The van der Waals surface area contributed by atoms with E-state index < -0.39 is 23.0 Å². The van der Waals surface area contributed by atoms with Gasteiger partial charge in [0.25, 0.3) is 5.78 Å². The van der Waals surface area contributed by atoms with Crippen LogP contribution < -0.4 is 0 Å². The monoisotopic (exact) mass is 384 g/mol. The van der Waals surface area contributed by atoms with Crippen LogP contribution in [0, 0.1) is 17.5 Å². The minimum atomic E-state index is -1.03. The lowest BCUT2D eigenvalue weighted by molar-refractivity contribution is 0.547. The van der Waals surface area contributed by atoms with E-state index in [1.807, 2.05) is 0 Å². The Morgan fingerprint density at radius 3 is 2.44 bits per heavy atom. The van der Waals surface area contributed by atoms with Crippen LogP contribution in [0.2, 0.25) is 5.15 Å². The third-order valence-electron chi connectivity index (χ3n) is 4.18. The number of hydrogen-bond donors (Lipinski definition) is 0. The molecule has 1 aliphatic rings. The largest absolute Gasteiger partial charge is 0.254 e. The smallest absolute Gasteiger partial charge is 0.207 e. The molecule has 25 heavy (non-hydrogen) atoms. The second kappa shape index (κ2) is 6.49. The van der Waals surface area contributed by atoms with E-state index in [1.54, 1.807) is 0 Å². The molecule has 4 nitrogen and oxygen atoms in total. The molecule has 1 saturated carbocycles. The van der Waals surface area contributed by atoms with Crippen LogP contribution in [0.1, 0.15) is 25.7 Å². The molecule has 2 heterocycles. The van der Waals surface area contributed by atoms with Crippen molar-refractivity contribution in [1.29, 1.82) is 0 Å². The topological polar surface area (TPSA) is 43.1 Å². The van der Waals surface area contributed by atoms with Gasteiger partial charge >= 0.3 is 0 Å². The normalized spacial score (nSPS) is 15.4. The Bertz CT molecular complexity index is 933. The van der Waals surface area contributed by atoms with Gasteiger partial charge in [0, 0.05) is 17.4 Å². The predicted molar refractivity (Wildman–Crippen MR) is 89.2 cm³/mol. The van der Waals surface area contributed by atoms with Crippen molar-refractivity contribution in [3.05, 3.63) is 41.1 Å². The number of aromatic nitrogens is 4. The van der Waals surface area contributed by atoms with E-state index in [0.717, 1.165) is 25.7 Å². The van der Waals surface area contributed by atoms with Crippen LogP contribution in [0.15, 0.2) is 23.5 Å². The number of rotatable bonds is 3. The fourth-order valence-electron chi connectivity index (χ4n) is 3.06. The van der Waals surface area contributed by atoms with Gasteiger partial charge in [-0.3, -0.25) is 0 Å². The first-order chi connectivity index (χ1) is 12.0. The highest BCUT2D eigenvalue weighted by Gasteiger charge is 2.27. The van der Waals surface area contributed by atoms with Crippen molar-refractivity contribution >= 4 is 29.1 Å². The van der Waals surface area contributed by atoms with E-state index >= 15 is 0 Å². The quantitative estimate of drug-likeness (QED) is 0.602. The summed E-state index contributed by atoms with van der Waals surface area (Å²) in [6.45, 7) is 0. The molecular weight excluding hydrogens is 373 g/mol. The minimum absolute atomic E-state index is 0.0755. The van der Waals surface area contributed by atoms with Crippen LogP contribution >= 0.6 is 23.4 Å². The van der Waals surface area contributed by atoms with Gasteiger partial charge in [-0.05, 0) is 12.8 Å². The van der Waals surface area contributed by atoms with Gasteiger partial charge in [0.2, 0.25) is 0 Å². The Morgan fingerprint density at radius 1 is 1.08 bits per heavy atom. The van der Waals surface area contributed by atoms with E-state index in [9.17, 15) is 13.2 Å². The van der Waals surface area contributed by atoms with E-state index in [2.05, 4.69) is 15.1 Å². The Labute approximate surface area is 150 Å². The predicted octanol–water partition coefficient (Wildman–Crippen LogP) is 4.90. The molecule has 1 aromatic carbocycles. The molecule has 4 rings (SSSR count). The van der Waals surface area contributed by atoms with Crippen LogP contribution in [0.25, 0.3) is 16.9 Å². The summed E-state index contributed by atoms with van der Waals surface area (Å²) in [7, 11) is 0. The highest BCUT2D eigenvalue weighted by molar-refractivity contribution is 8.00. The van der Waals surface area contributed by atoms with Gasteiger partial charge in [-0.2, -0.15) is 19.6 Å². The van der Waals surface area contributed by atoms with Gasteiger partial charge in [0.1, 0.15) is 34.0 Å². The van der Waals surface area contributed by atoms with Gasteiger partial charge in [-0.1, -0.05) is 24.4 Å². The van der Waals surface area contributed by atoms with Gasteiger partial charge in [0.05, 0.1) is 11.1 Å². The fourth-order valence-corrected chi connectivity index (χ4v) is 4.80. The number of nitrogens with zero attached hydrogens (tertiary/aromatic N) is 4. The second-order valence-electron chi connectivity index (χ2n) is 5.82. The molecule has 1 fully saturated rings. The molecule has 0 amide bonds. The molecule has 9 heteroatoms. The third-order valence-corrected chi connectivity index (χ3v) is 5.86. The first-order valence-corrected chi connectivity index (χ1v) is 9.01. The van der Waals surface area contributed by atoms with E-state index in [4.69, 9.17) is 11.6 Å². The molecule has 130 valence electrons. The zero-order valence-electron chi connectivity index (χ0n) is 12.8. The maximum Gasteiger partial charge on any atom is 0.254 e. The first kappa shape index (κ1) is 16.7. The van der Waals surface area contributed by atoms with Crippen LogP contribution in [-0.2, 0) is 0 Å². The molecule has 0 radical (unpaired) electrons. The number of halogens is 4. The molecule has 0 bridgehead atoms. The average molecular weight is 385 g/mol. The van der Waals surface area contributed by atoms with Crippen molar-refractivity contribution in [2.75, 3.05) is 0 Å². The minimum Gasteiger partial charge on any atom is -0.207 e. The lowest BCUT2D eigenvalue weighted by Crippen LogP contribution is -2.06. The molecule has 0 aliphatic heterocycles. The lowest BCUT2D eigenvalue weighted by atomic mass is 10.1. The average Bonchev–Trinajstić information content (AvgIpc) is 3.20. The van der Waals surface area contributed by atoms with Crippen LogP contribution in [-0.4, -0.2) is 24.8 Å². The highest BCUT2D eigenvalue weighted by Crippen LogP contribution is 2.43. The highest BCUT2D eigenvalue weighted by atomic mass is 35.5. The molecular formula is C16H12ClF3N4S. The maximum atomic E-state index is 14.4. The molecule has 0 N–H and O–H groups in total. The van der Waals surface area contributed by atoms with E-state index in [1.165, 1.54) is 22.6 Å². The van der Waals surface area contributed by atoms with Crippen molar-refractivity contribution in [3.8, 4) is 11.1 Å². The van der Waals surface area contributed by atoms with Crippen LogP contribution in [0.5, 0.6) is 0 Å². The summed E-state index contributed by atoms with van der Waals surface area (Å²) in [4.78, 5) is 8.07. The Balaban J connectivity index is 1.97. The molecule has 2 aromatic heterocycles. The number of fused-ring (bicyclic) bond motifs is 1. The summed E-state index contributed by atoms with van der Waals surface area (Å²) in [6, 6.07) is 1.26. The molecule has 0 spiro atoms. The standard InChI is InChI=1S/C16H12ClF3N4S/c17-14-13(12-10(19)5-8(18)6-11(12)20)15(25-9-3-1-2-4-9)24-16(23-14)21-7-22-24/h5-7,9H,1-4H2. The molecule has 1 aliphatic carbocycles. The van der Waals surface area contributed by atoms with Gasteiger partial charge in [-0.15, -0.1) is 11.8 Å². The van der Waals surface area contributed by atoms with Crippen molar-refractivity contribution in [3.63, 3.8) is 0 Å².